The van der Waals surface area contributed by atoms with Crippen LogP contribution < -0.4 is 5.73 Å². The summed E-state index contributed by atoms with van der Waals surface area (Å²) in [5.41, 5.74) is 6.38. The third-order valence-corrected chi connectivity index (χ3v) is 3.83. The van der Waals surface area contributed by atoms with Crippen molar-refractivity contribution in [1.82, 2.24) is 9.97 Å². The highest BCUT2D eigenvalue weighted by molar-refractivity contribution is 9.11. The highest BCUT2D eigenvalue weighted by Crippen LogP contribution is 2.30. The van der Waals surface area contributed by atoms with Gasteiger partial charge in [-0.05, 0) is 37.9 Å². The van der Waals surface area contributed by atoms with Crippen LogP contribution >= 0.6 is 43.2 Å². The van der Waals surface area contributed by atoms with Crippen molar-refractivity contribution in [3.8, 4) is 10.7 Å². The number of rotatable bonds is 2. The van der Waals surface area contributed by atoms with Crippen LogP contribution in [-0.2, 0) is 6.54 Å². The standard InChI is InChI=1S/C9H7Br2N3S/c10-5-1-7(11)8(13-3-5)9-14-4-6(2-12)15-9/h1,3-4H,2,12H2. The fourth-order valence-electron chi connectivity index (χ4n) is 1.08. The third-order valence-electron chi connectivity index (χ3n) is 1.77. The highest BCUT2D eigenvalue weighted by atomic mass is 79.9. The Labute approximate surface area is 108 Å². The predicted molar refractivity (Wildman–Crippen MR) is 68.6 cm³/mol. The number of hydrogen-bond donors (Lipinski definition) is 1. The largest absolute Gasteiger partial charge is 0.326 e. The maximum atomic E-state index is 5.53. The molecule has 0 amide bonds. The zero-order chi connectivity index (χ0) is 10.8. The zero-order valence-electron chi connectivity index (χ0n) is 7.58. The van der Waals surface area contributed by atoms with Gasteiger partial charge < -0.3 is 5.73 Å². The van der Waals surface area contributed by atoms with Gasteiger partial charge in [0.2, 0.25) is 0 Å². The van der Waals surface area contributed by atoms with Gasteiger partial charge in [-0.2, -0.15) is 0 Å². The number of hydrogen-bond acceptors (Lipinski definition) is 4. The molecule has 2 N–H and O–H groups in total. The lowest BCUT2D eigenvalue weighted by atomic mass is 10.4. The van der Waals surface area contributed by atoms with E-state index in [4.69, 9.17) is 5.73 Å². The van der Waals surface area contributed by atoms with Crippen LogP contribution in [0, 0.1) is 0 Å². The number of pyridine rings is 1. The molecule has 0 fully saturated rings. The van der Waals surface area contributed by atoms with Crippen LogP contribution in [0.1, 0.15) is 4.88 Å². The van der Waals surface area contributed by atoms with Gasteiger partial charge in [0.25, 0.3) is 0 Å². The molecule has 0 atom stereocenters. The van der Waals surface area contributed by atoms with Crippen LogP contribution in [0.2, 0.25) is 0 Å². The predicted octanol–water partition coefficient (Wildman–Crippen LogP) is 3.19. The number of nitrogens with zero attached hydrogens (tertiary/aromatic N) is 2. The maximum Gasteiger partial charge on any atom is 0.143 e. The topological polar surface area (TPSA) is 51.8 Å². The SMILES string of the molecule is NCc1cnc(-c2ncc(Br)cc2Br)s1. The Morgan fingerprint density at radius 1 is 1.27 bits per heavy atom. The van der Waals surface area contributed by atoms with Gasteiger partial charge in [-0.15, -0.1) is 11.3 Å². The summed E-state index contributed by atoms with van der Waals surface area (Å²) >= 11 is 8.38. The first-order chi connectivity index (χ1) is 7.20. The molecule has 0 aromatic carbocycles. The van der Waals surface area contributed by atoms with E-state index in [1.54, 1.807) is 23.7 Å². The first kappa shape index (κ1) is 11.2. The second-order valence-electron chi connectivity index (χ2n) is 2.82. The van der Waals surface area contributed by atoms with E-state index in [2.05, 4.69) is 41.8 Å². The second-order valence-corrected chi connectivity index (χ2v) is 5.71. The summed E-state index contributed by atoms with van der Waals surface area (Å²) in [6.45, 7) is 0.520. The Kier molecular flexibility index (Phi) is 3.50. The van der Waals surface area contributed by atoms with E-state index in [1.165, 1.54) is 0 Å². The van der Waals surface area contributed by atoms with Gasteiger partial charge >= 0.3 is 0 Å². The van der Waals surface area contributed by atoms with E-state index in [0.29, 0.717) is 6.54 Å². The van der Waals surface area contributed by atoms with Gasteiger partial charge in [-0.3, -0.25) is 4.98 Å². The van der Waals surface area contributed by atoms with E-state index in [-0.39, 0.29) is 0 Å². The maximum absolute atomic E-state index is 5.53. The van der Waals surface area contributed by atoms with E-state index in [0.717, 1.165) is 24.5 Å². The quantitative estimate of drug-likeness (QED) is 0.906. The van der Waals surface area contributed by atoms with Gasteiger partial charge in [-0.25, -0.2) is 4.98 Å². The third kappa shape index (κ3) is 2.44. The summed E-state index contributed by atoms with van der Waals surface area (Å²) in [5.74, 6) is 0. The fourth-order valence-corrected chi connectivity index (χ4v) is 3.19. The molecule has 0 radical (unpaired) electrons. The molecule has 78 valence electrons. The molecule has 2 rings (SSSR count). The van der Waals surface area contributed by atoms with Gasteiger partial charge in [0, 0.05) is 32.8 Å². The van der Waals surface area contributed by atoms with E-state index < -0.39 is 0 Å². The first-order valence-electron chi connectivity index (χ1n) is 4.17. The normalized spacial score (nSPS) is 10.6. The molecule has 0 bridgehead atoms. The lowest BCUT2D eigenvalue weighted by Crippen LogP contribution is -1.91. The van der Waals surface area contributed by atoms with Gasteiger partial charge in [0.15, 0.2) is 0 Å². The van der Waals surface area contributed by atoms with E-state index >= 15 is 0 Å². The summed E-state index contributed by atoms with van der Waals surface area (Å²) in [4.78, 5) is 9.64. The van der Waals surface area contributed by atoms with Crippen LogP contribution in [0.5, 0.6) is 0 Å². The molecule has 0 aliphatic rings. The Morgan fingerprint density at radius 3 is 2.67 bits per heavy atom. The van der Waals surface area contributed by atoms with Crippen LogP contribution in [0.4, 0.5) is 0 Å². The van der Waals surface area contributed by atoms with Crippen LogP contribution in [0.25, 0.3) is 10.7 Å². The molecular formula is C9H7Br2N3S. The average Bonchev–Trinajstić information content (AvgIpc) is 2.66. The molecule has 0 saturated carbocycles. The summed E-state index contributed by atoms with van der Waals surface area (Å²) < 4.78 is 1.86. The monoisotopic (exact) mass is 347 g/mol. The van der Waals surface area contributed by atoms with Crippen LogP contribution in [0.15, 0.2) is 27.4 Å². The molecule has 0 saturated heterocycles. The minimum Gasteiger partial charge on any atom is -0.326 e. The van der Waals surface area contributed by atoms with Crippen molar-refractivity contribution >= 4 is 43.2 Å². The van der Waals surface area contributed by atoms with Crippen molar-refractivity contribution in [2.75, 3.05) is 0 Å². The van der Waals surface area contributed by atoms with Gasteiger partial charge in [0.05, 0.1) is 0 Å². The average molecular weight is 349 g/mol. The number of aromatic nitrogens is 2. The molecule has 0 aliphatic carbocycles. The zero-order valence-corrected chi connectivity index (χ0v) is 11.6. The molecule has 2 heterocycles. The molecule has 2 aromatic heterocycles. The number of halogens is 2. The molecule has 0 unspecified atom stereocenters. The Balaban J connectivity index is 2.44. The van der Waals surface area contributed by atoms with Crippen molar-refractivity contribution in [2.45, 2.75) is 6.54 Å². The van der Waals surface area contributed by atoms with Crippen molar-refractivity contribution in [3.05, 3.63) is 32.3 Å². The van der Waals surface area contributed by atoms with Crippen molar-refractivity contribution in [1.29, 1.82) is 0 Å². The lowest BCUT2D eigenvalue weighted by Gasteiger charge is -1.99. The van der Waals surface area contributed by atoms with Crippen molar-refractivity contribution < 1.29 is 0 Å². The Morgan fingerprint density at radius 2 is 2.07 bits per heavy atom. The molecule has 0 spiro atoms. The van der Waals surface area contributed by atoms with E-state index in [9.17, 15) is 0 Å². The molecule has 3 nitrogen and oxygen atoms in total. The summed E-state index contributed by atoms with van der Waals surface area (Å²) in [6, 6.07) is 1.95. The highest BCUT2D eigenvalue weighted by Gasteiger charge is 2.09. The second kappa shape index (κ2) is 4.69. The number of nitrogens with two attached hydrogens (primary N) is 1. The summed E-state index contributed by atoms with van der Waals surface area (Å²) in [7, 11) is 0. The van der Waals surface area contributed by atoms with Crippen LogP contribution in [-0.4, -0.2) is 9.97 Å². The molecule has 0 aliphatic heterocycles. The van der Waals surface area contributed by atoms with Crippen molar-refractivity contribution in [3.63, 3.8) is 0 Å². The van der Waals surface area contributed by atoms with Crippen molar-refractivity contribution in [2.24, 2.45) is 5.73 Å². The van der Waals surface area contributed by atoms with Gasteiger partial charge in [0.1, 0.15) is 10.7 Å². The summed E-state index contributed by atoms with van der Waals surface area (Å²) in [5, 5.41) is 0.884. The smallest absolute Gasteiger partial charge is 0.143 e. The number of thiazole rings is 1. The fraction of sp³-hybridized carbons (Fsp3) is 0.111. The Hall–Kier alpha value is -0.300. The molecular weight excluding hydrogens is 342 g/mol. The molecule has 2 aromatic rings. The molecule has 6 heteroatoms. The summed E-state index contributed by atoms with van der Waals surface area (Å²) in [6.07, 6.45) is 3.54. The minimum absolute atomic E-state index is 0.520. The lowest BCUT2D eigenvalue weighted by molar-refractivity contribution is 1.10. The minimum atomic E-state index is 0.520. The van der Waals surface area contributed by atoms with E-state index in [1.807, 2.05) is 6.07 Å². The first-order valence-corrected chi connectivity index (χ1v) is 6.57. The van der Waals surface area contributed by atoms with Crippen LogP contribution in [0.3, 0.4) is 0 Å². The Bertz CT molecular complexity index is 484. The van der Waals surface area contributed by atoms with Gasteiger partial charge in [-0.1, -0.05) is 0 Å². The molecule has 15 heavy (non-hydrogen) atoms.